The van der Waals surface area contributed by atoms with E-state index in [-0.39, 0.29) is 16.1 Å². The van der Waals surface area contributed by atoms with Crippen molar-refractivity contribution >= 4 is 21.6 Å². The van der Waals surface area contributed by atoms with Crippen molar-refractivity contribution in [1.82, 2.24) is 14.8 Å². The SMILES string of the molecule is Cn1c(CS(=O)(=O)c2ccccc2)nnc1SCCOc1ccc(C(C)(C)C)cc1. The Morgan fingerprint density at radius 3 is 2.30 bits per heavy atom. The maximum Gasteiger partial charge on any atom is 0.191 e. The average Bonchev–Trinajstić information content (AvgIpc) is 3.05. The normalized spacial score (nSPS) is 12.1. The summed E-state index contributed by atoms with van der Waals surface area (Å²) in [6, 6.07) is 16.5. The lowest BCUT2D eigenvalue weighted by Crippen LogP contribution is -2.10. The Bertz CT molecular complexity index is 1070. The lowest BCUT2D eigenvalue weighted by atomic mass is 9.87. The zero-order chi connectivity index (χ0) is 21.8. The van der Waals surface area contributed by atoms with E-state index in [0.717, 1.165) is 5.75 Å². The minimum absolute atomic E-state index is 0.116. The molecule has 1 aromatic heterocycles. The topological polar surface area (TPSA) is 74.1 Å². The van der Waals surface area contributed by atoms with Gasteiger partial charge in [-0.15, -0.1) is 10.2 Å². The van der Waals surface area contributed by atoms with Crippen molar-refractivity contribution in [2.45, 2.75) is 42.0 Å². The summed E-state index contributed by atoms with van der Waals surface area (Å²) in [4.78, 5) is 0.285. The number of sulfone groups is 1. The zero-order valence-corrected chi connectivity index (χ0v) is 19.3. The Hall–Kier alpha value is -2.32. The fourth-order valence-electron chi connectivity index (χ4n) is 2.82. The second-order valence-electron chi connectivity index (χ2n) is 8.00. The van der Waals surface area contributed by atoms with Crippen molar-refractivity contribution in [3.8, 4) is 5.75 Å². The molecule has 1 heterocycles. The maximum atomic E-state index is 12.6. The van der Waals surface area contributed by atoms with E-state index < -0.39 is 9.84 Å². The summed E-state index contributed by atoms with van der Waals surface area (Å²) < 4.78 is 32.6. The molecule has 160 valence electrons. The molecular weight excluding hydrogens is 418 g/mol. The van der Waals surface area contributed by atoms with Gasteiger partial charge in [0, 0.05) is 12.8 Å². The molecule has 0 atom stereocenters. The summed E-state index contributed by atoms with van der Waals surface area (Å²) >= 11 is 1.49. The second kappa shape index (κ2) is 9.22. The number of rotatable bonds is 8. The molecule has 0 aliphatic rings. The number of benzene rings is 2. The first-order valence-electron chi connectivity index (χ1n) is 9.69. The Balaban J connectivity index is 1.53. The molecule has 0 saturated heterocycles. The van der Waals surface area contributed by atoms with E-state index in [1.54, 1.807) is 41.9 Å². The molecule has 0 amide bonds. The number of nitrogens with zero attached hydrogens (tertiary/aromatic N) is 3. The molecule has 3 aromatic rings. The molecule has 0 radical (unpaired) electrons. The summed E-state index contributed by atoms with van der Waals surface area (Å²) in [6.45, 7) is 7.06. The highest BCUT2D eigenvalue weighted by Crippen LogP contribution is 2.25. The third-order valence-corrected chi connectivity index (χ3v) is 7.26. The number of thioether (sulfide) groups is 1. The van der Waals surface area contributed by atoms with Gasteiger partial charge >= 0.3 is 0 Å². The van der Waals surface area contributed by atoms with Gasteiger partial charge in [0.25, 0.3) is 0 Å². The fraction of sp³-hybridized carbons (Fsp3) is 0.364. The molecule has 0 aliphatic heterocycles. The molecule has 0 N–H and O–H groups in total. The summed E-state index contributed by atoms with van der Waals surface area (Å²) in [5, 5.41) is 8.87. The van der Waals surface area contributed by atoms with Crippen molar-refractivity contribution in [3.63, 3.8) is 0 Å². The number of ether oxygens (including phenoxy) is 1. The lowest BCUT2D eigenvalue weighted by molar-refractivity contribution is 0.343. The van der Waals surface area contributed by atoms with Gasteiger partial charge in [0.2, 0.25) is 0 Å². The molecule has 0 bridgehead atoms. The van der Waals surface area contributed by atoms with E-state index in [2.05, 4.69) is 43.1 Å². The van der Waals surface area contributed by atoms with Crippen LogP contribution in [-0.4, -0.2) is 35.5 Å². The van der Waals surface area contributed by atoms with Gasteiger partial charge in [-0.25, -0.2) is 8.42 Å². The first kappa shape index (κ1) is 22.4. The highest BCUT2D eigenvalue weighted by molar-refractivity contribution is 7.99. The van der Waals surface area contributed by atoms with Gasteiger partial charge in [0.1, 0.15) is 17.3 Å². The van der Waals surface area contributed by atoms with Gasteiger partial charge in [-0.05, 0) is 35.2 Å². The molecule has 8 heteroatoms. The molecule has 0 saturated carbocycles. The minimum atomic E-state index is -3.46. The van der Waals surface area contributed by atoms with E-state index in [1.165, 1.54) is 17.3 Å². The summed E-state index contributed by atoms with van der Waals surface area (Å²) in [7, 11) is -1.67. The standard InChI is InChI=1S/C22H27N3O3S2/c1-22(2,3)17-10-12-18(13-11-17)28-14-15-29-21-24-23-20(25(21)4)16-30(26,27)19-8-6-5-7-9-19/h5-13H,14-16H2,1-4H3. The summed E-state index contributed by atoms with van der Waals surface area (Å²) in [5.41, 5.74) is 1.38. The van der Waals surface area contributed by atoms with E-state index >= 15 is 0 Å². The minimum Gasteiger partial charge on any atom is -0.493 e. The van der Waals surface area contributed by atoms with Crippen LogP contribution in [0.15, 0.2) is 64.6 Å². The van der Waals surface area contributed by atoms with Crippen LogP contribution in [0.5, 0.6) is 5.75 Å². The quantitative estimate of drug-likeness (QED) is 0.381. The van der Waals surface area contributed by atoms with Crippen LogP contribution in [0.2, 0.25) is 0 Å². The zero-order valence-electron chi connectivity index (χ0n) is 17.7. The maximum absolute atomic E-state index is 12.6. The van der Waals surface area contributed by atoms with Crippen LogP contribution in [-0.2, 0) is 28.1 Å². The lowest BCUT2D eigenvalue weighted by Gasteiger charge is -2.19. The molecule has 3 rings (SSSR count). The third-order valence-electron chi connectivity index (χ3n) is 4.65. The van der Waals surface area contributed by atoms with Crippen molar-refractivity contribution in [2.75, 3.05) is 12.4 Å². The molecule has 0 spiro atoms. The monoisotopic (exact) mass is 445 g/mol. The van der Waals surface area contributed by atoms with Crippen LogP contribution in [0.4, 0.5) is 0 Å². The Labute approximate surface area is 182 Å². The van der Waals surface area contributed by atoms with Crippen molar-refractivity contribution in [1.29, 1.82) is 0 Å². The van der Waals surface area contributed by atoms with Gasteiger partial charge in [-0.1, -0.05) is 62.9 Å². The molecule has 30 heavy (non-hydrogen) atoms. The van der Waals surface area contributed by atoms with Crippen LogP contribution in [0.25, 0.3) is 0 Å². The number of aromatic nitrogens is 3. The highest BCUT2D eigenvalue weighted by atomic mass is 32.2. The van der Waals surface area contributed by atoms with Gasteiger partial charge in [-0.2, -0.15) is 0 Å². The Morgan fingerprint density at radius 1 is 1.00 bits per heavy atom. The molecule has 0 unspecified atom stereocenters. The predicted octanol–water partition coefficient (Wildman–Crippen LogP) is 4.26. The highest BCUT2D eigenvalue weighted by Gasteiger charge is 2.20. The predicted molar refractivity (Wildman–Crippen MR) is 120 cm³/mol. The fourth-order valence-corrected chi connectivity index (χ4v) is 4.90. The van der Waals surface area contributed by atoms with Crippen LogP contribution in [0.3, 0.4) is 0 Å². The molecule has 0 fully saturated rings. The number of hydrogen-bond donors (Lipinski definition) is 0. The first-order chi connectivity index (χ1) is 14.2. The van der Waals surface area contributed by atoms with Crippen LogP contribution in [0, 0.1) is 0 Å². The van der Waals surface area contributed by atoms with Crippen LogP contribution in [0.1, 0.15) is 32.2 Å². The van der Waals surface area contributed by atoms with Crippen LogP contribution >= 0.6 is 11.8 Å². The van der Waals surface area contributed by atoms with E-state index in [9.17, 15) is 8.42 Å². The summed E-state index contributed by atoms with van der Waals surface area (Å²) in [5.74, 6) is 1.74. The van der Waals surface area contributed by atoms with Crippen molar-refractivity contribution in [3.05, 3.63) is 66.0 Å². The van der Waals surface area contributed by atoms with E-state index in [4.69, 9.17) is 4.74 Å². The first-order valence-corrected chi connectivity index (χ1v) is 12.3. The smallest absolute Gasteiger partial charge is 0.191 e. The molecule has 0 aliphatic carbocycles. The van der Waals surface area contributed by atoms with Gasteiger partial charge in [-0.3, -0.25) is 0 Å². The van der Waals surface area contributed by atoms with Crippen molar-refractivity contribution < 1.29 is 13.2 Å². The van der Waals surface area contributed by atoms with Gasteiger partial charge in [0.05, 0.1) is 11.5 Å². The summed E-state index contributed by atoms with van der Waals surface area (Å²) in [6.07, 6.45) is 0. The molecule has 2 aromatic carbocycles. The Morgan fingerprint density at radius 2 is 1.67 bits per heavy atom. The molecular formula is C22H27N3O3S2. The molecule has 6 nitrogen and oxygen atoms in total. The van der Waals surface area contributed by atoms with Gasteiger partial charge < -0.3 is 9.30 Å². The van der Waals surface area contributed by atoms with Crippen LogP contribution < -0.4 is 4.74 Å². The number of hydrogen-bond acceptors (Lipinski definition) is 6. The Kier molecular flexibility index (Phi) is 6.88. The van der Waals surface area contributed by atoms with E-state index in [1.807, 2.05) is 12.1 Å². The van der Waals surface area contributed by atoms with E-state index in [0.29, 0.717) is 23.3 Å². The largest absolute Gasteiger partial charge is 0.493 e. The second-order valence-corrected chi connectivity index (χ2v) is 11.1. The van der Waals surface area contributed by atoms with Crippen molar-refractivity contribution in [2.24, 2.45) is 7.05 Å². The average molecular weight is 446 g/mol. The third kappa shape index (κ3) is 5.64. The van der Waals surface area contributed by atoms with Gasteiger partial charge in [0.15, 0.2) is 15.0 Å².